The first kappa shape index (κ1) is 22.5. The molecular formula is C29H26N2O4. The summed E-state index contributed by atoms with van der Waals surface area (Å²) in [6.45, 7) is 3.03. The van der Waals surface area contributed by atoms with E-state index in [0.717, 1.165) is 39.6 Å². The maximum atomic E-state index is 13.0. The Morgan fingerprint density at radius 2 is 1.71 bits per heavy atom. The molecule has 4 aromatic rings. The van der Waals surface area contributed by atoms with Crippen LogP contribution in [-0.2, 0) is 13.0 Å². The zero-order valence-electron chi connectivity index (χ0n) is 19.7. The van der Waals surface area contributed by atoms with Crippen molar-refractivity contribution in [2.75, 3.05) is 19.0 Å². The zero-order valence-corrected chi connectivity index (χ0v) is 19.7. The fourth-order valence-electron chi connectivity index (χ4n) is 4.31. The Morgan fingerprint density at radius 3 is 2.43 bits per heavy atom. The highest BCUT2D eigenvalue weighted by Gasteiger charge is 2.25. The third-order valence-electron chi connectivity index (χ3n) is 6.31. The Balaban J connectivity index is 1.27. The van der Waals surface area contributed by atoms with Gasteiger partial charge in [-0.1, -0.05) is 18.2 Å². The number of methoxy groups -OCH3 is 1. The van der Waals surface area contributed by atoms with Crippen LogP contribution in [-0.4, -0.2) is 30.4 Å². The Morgan fingerprint density at radius 1 is 0.971 bits per heavy atom. The minimum absolute atomic E-state index is 0.00481. The number of amides is 2. The number of hydrogen-bond donors (Lipinski definition) is 1. The Labute approximate surface area is 204 Å². The van der Waals surface area contributed by atoms with Crippen molar-refractivity contribution in [3.63, 3.8) is 0 Å². The molecule has 35 heavy (non-hydrogen) atoms. The van der Waals surface area contributed by atoms with Gasteiger partial charge in [-0.05, 0) is 73.2 Å². The number of benzene rings is 3. The number of carbonyl (C=O) groups is 2. The zero-order chi connectivity index (χ0) is 24.4. The number of nitrogens with zero attached hydrogens (tertiary/aromatic N) is 1. The molecule has 0 atom stereocenters. The van der Waals surface area contributed by atoms with Gasteiger partial charge in [-0.2, -0.15) is 0 Å². The summed E-state index contributed by atoms with van der Waals surface area (Å²) < 4.78 is 11.3. The van der Waals surface area contributed by atoms with E-state index in [2.05, 4.69) is 5.32 Å². The summed E-state index contributed by atoms with van der Waals surface area (Å²) in [4.78, 5) is 27.4. The van der Waals surface area contributed by atoms with Gasteiger partial charge in [0, 0.05) is 47.5 Å². The van der Waals surface area contributed by atoms with Crippen LogP contribution in [0.2, 0.25) is 0 Å². The highest BCUT2D eigenvalue weighted by Crippen LogP contribution is 2.31. The van der Waals surface area contributed by atoms with Crippen LogP contribution < -0.4 is 10.1 Å². The van der Waals surface area contributed by atoms with Gasteiger partial charge >= 0.3 is 0 Å². The second-order valence-corrected chi connectivity index (χ2v) is 8.61. The number of aryl methyl sites for hydroxylation is 1. The number of nitrogens with one attached hydrogen (secondary N) is 1. The summed E-state index contributed by atoms with van der Waals surface area (Å²) in [7, 11) is 1.61. The van der Waals surface area contributed by atoms with E-state index in [1.165, 1.54) is 0 Å². The van der Waals surface area contributed by atoms with Gasteiger partial charge < -0.3 is 19.4 Å². The lowest BCUT2D eigenvalue weighted by molar-refractivity contribution is 0.0730. The summed E-state index contributed by atoms with van der Waals surface area (Å²) in [5, 5.41) is 2.95. The number of rotatable bonds is 5. The molecule has 5 rings (SSSR count). The molecule has 0 saturated heterocycles. The topological polar surface area (TPSA) is 71.8 Å². The fraction of sp³-hybridized carbons (Fsp3) is 0.172. The first-order chi connectivity index (χ1) is 17.0. The monoisotopic (exact) mass is 466 g/mol. The number of furan rings is 1. The Hall–Kier alpha value is -4.32. The smallest absolute Gasteiger partial charge is 0.255 e. The summed E-state index contributed by atoms with van der Waals surface area (Å²) >= 11 is 0. The molecule has 0 saturated carbocycles. The van der Waals surface area contributed by atoms with Crippen LogP contribution >= 0.6 is 0 Å². The highest BCUT2D eigenvalue weighted by atomic mass is 16.5. The van der Waals surface area contributed by atoms with Gasteiger partial charge in [0.05, 0.1) is 7.11 Å². The quantitative estimate of drug-likeness (QED) is 0.409. The van der Waals surface area contributed by atoms with Crippen molar-refractivity contribution < 1.29 is 18.7 Å². The molecule has 1 aliphatic rings. The van der Waals surface area contributed by atoms with Gasteiger partial charge in [-0.25, -0.2) is 0 Å². The lowest BCUT2D eigenvalue weighted by atomic mass is 10.1. The maximum absolute atomic E-state index is 13.0. The third kappa shape index (κ3) is 4.68. The van der Waals surface area contributed by atoms with Gasteiger partial charge in [0.1, 0.15) is 17.3 Å². The lowest BCUT2D eigenvalue weighted by Gasteiger charge is -2.26. The van der Waals surface area contributed by atoms with Crippen molar-refractivity contribution >= 4 is 17.5 Å². The van der Waals surface area contributed by atoms with Crippen molar-refractivity contribution in [1.82, 2.24) is 4.90 Å². The lowest BCUT2D eigenvalue weighted by Crippen LogP contribution is -2.35. The molecule has 0 unspecified atom stereocenters. The fourth-order valence-corrected chi connectivity index (χ4v) is 4.31. The molecule has 1 aliphatic heterocycles. The van der Waals surface area contributed by atoms with Crippen molar-refractivity contribution in [3.05, 3.63) is 107 Å². The summed E-state index contributed by atoms with van der Waals surface area (Å²) in [5.74, 6) is 2.25. The molecular weight excluding hydrogens is 440 g/mol. The summed E-state index contributed by atoms with van der Waals surface area (Å²) in [6.07, 6.45) is 0.668. The van der Waals surface area contributed by atoms with Gasteiger partial charge in [-0.15, -0.1) is 0 Å². The number of anilines is 1. The predicted molar refractivity (Wildman–Crippen MR) is 135 cm³/mol. The van der Waals surface area contributed by atoms with Crippen LogP contribution in [0.25, 0.3) is 11.3 Å². The molecule has 2 amide bonds. The highest BCUT2D eigenvalue weighted by molar-refractivity contribution is 6.05. The largest absolute Gasteiger partial charge is 0.497 e. The van der Waals surface area contributed by atoms with Crippen molar-refractivity contribution in [3.8, 4) is 17.1 Å². The van der Waals surface area contributed by atoms with Crippen LogP contribution in [0.1, 0.15) is 37.6 Å². The van der Waals surface area contributed by atoms with Gasteiger partial charge in [0.15, 0.2) is 0 Å². The summed E-state index contributed by atoms with van der Waals surface area (Å²) in [5.41, 5.74) is 4.88. The Bertz CT molecular complexity index is 1370. The van der Waals surface area contributed by atoms with Crippen LogP contribution in [0.5, 0.6) is 5.75 Å². The molecule has 0 spiro atoms. The molecule has 0 aliphatic carbocycles. The second-order valence-electron chi connectivity index (χ2n) is 8.61. The van der Waals surface area contributed by atoms with E-state index in [1.54, 1.807) is 31.4 Å². The molecule has 176 valence electrons. The molecule has 2 heterocycles. The average molecular weight is 467 g/mol. The molecule has 3 aromatic carbocycles. The summed E-state index contributed by atoms with van der Waals surface area (Å²) in [6, 6.07) is 24.3. The maximum Gasteiger partial charge on any atom is 0.255 e. The van der Waals surface area contributed by atoms with Crippen LogP contribution in [0, 0.1) is 6.92 Å². The van der Waals surface area contributed by atoms with Crippen LogP contribution in [0.15, 0.2) is 83.3 Å². The standard InChI is InChI=1S/C29H26N2O4/c1-19-5-3-4-6-25(19)28(32)30-23-11-7-20(8-12-23)27-17-22-18-31(16-15-26(22)35-27)29(33)21-9-13-24(34-2)14-10-21/h3-14,17H,15-16,18H2,1-2H3,(H,30,32). The number of hydrogen-bond acceptors (Lipinski definition) is 4. The van der Waals surface area contributed by atoms with Crippen molar-refractivity contribution in [2.24, 2.45) is 0 Å². The van der Waals surface area contributed by atoms with Crippen molar-refractivity contribution in [1.29, 1.82) is 0 Å². The molecule has 0 fully saturated rings. The first-order valence-corrected chi connectivity index (χ1v) is 11.5. The molecule has 1 aromatic heterocycles. The van der Waals surface area contributed by atoms with Gasteiger partial charge in [-0.3, -0.25) is 9.59 Å². The molecule has 6 nitrogen and oxygen atoms in total. The van der Waals surface area contributed by atoms with Crippen LogP contribution in [0.4, 0.5) is 5.69 Å². The second kappa shape index (κ2) is 9.50. The van der Waals surface area contributed by atoms with Crippen LogP contribution in [0.3, 0.4) is 0 Å². The normalized spacial score (nSPS) is 12.7. The van der Waals surface area contributed by atoms with Crippen molar-refractivity contribution in [2.45, 2.75) is 19.9 Å². The third-order valence-corrected chi connectivity index (χ3v) is 6.31. The van der Waals surface area contributed by atoms with E-state index < -0.39 is 0 Å². The molecule has 6 heteroatoms. The van der Waals surface area contributed by atoms with Gasteiger partial charge in [0.25, 0.3) is 11.8 Å². The SMILES string of the molecule is COc1ccc(C(=O)N2CCc3oc(-c4ccc(NC(=O)c5ccccc5C)cc4)cc3C2)cc1. The predicted octanol–water partition coefficient (Wildman–Crippen LogP) is 5.71. The van der Waals surface area contributed by atoms with E-state index in [1.807, 2.05) is 66.4 Å². The Kier molecular flexibility index (Phi) is 6.10. The number of fused-ring (bicyclic) bond motifs is 1. The van der Waals surface area contributed by atoms with E-state index >= 15 is 0 Å². The molecule has 0 bridgehead atoms. The molecule has 0 radical (unpaired) electrons. The van der Waals surface area contributed by atoms with E-state index in [-0.39, 0.29) is 11.8 Å². The minimum atomic E-state index is -0.133. The average Bonchev–Trinajstić information content (AvgIpc) is 3.32. The number of carbonyl (C=O) groups excluding carboxylic acids is 2. The van der Waals surface area contributed by atoms with Gasteiger partial charge in [0.2, 0.25) is 0 Å². The molecule has 1 N–H and O–H groups in total. The number of ether oxygens (including phenoxy) is 1. The van der Waals surface area contributed by atoms with E-state index in [0.29, 0.717) is 30.6 Å². The minimum Gasteiger partial charge on any atom is -0.497 e. The van der Waals surface area contributed by atoms with E-state index in [9.17, 15) is 9.59 Å². The first-order valence-electron chi connectivity index (χ1n) is 11.5. The van der Waals surface area contributed by atoms with E-state index in [4.69, 9.17) is 9.15 Å².